The van der Waals surface area contributed by atoms with Crippen molar-refractivity contribution in [2.45, 2.75) is 19.4 Å². The fourth-order valence-corrected chi connectivity index (χ4v) is 3.10. The van der Waals surface area contributed by atoms with E-state index in [1.54, 1.807) is 6.92 Å². The quantitative estimate of drug-likeness (QED) is 0.885. The molecule has 0 unspecified atom stereocenters. The van der Waals surface area contributed by atoms with E-state index < -0.39 is 0 Å². The summed E-state index contributed by atoms with van der Waals surface area (Å²) in [5.74, 6) is 0.670. The predicted octanol–water partition coefficient (Wildman–Crippen LogP) is 3.54. The number of hydrogen-bond donors (Lipinski definition) is 1. The minimum atomic E-state index is -0.221. The zero-order valence-electron chi connectivity index (χ0n) is 11.9. The molecule has 1 aliphatic heterocycles. The molecule has 0 spiro atoms. The van der Waals surface area contributed by atoms with Gasteiger partial charge in [0.2, 0.25) is 0 Å². The van der Waals surface area contributed by atoms with E-state index >= 15 is 0 Å². The van der Waals surface area contributed by atoms with Gasteiger partial charge in [0.05, 0.1) is 27.3 Å². The van der Waals surface area contributed by atoms with Crippen LogP contribution in [0.5, 0.6) is 5.75 Å². The Kier molecular flexibility index (Phi) is 4.36. The number of carbonyl (C=O) groups is 1. The average Bonchev–Trinajstić information content (AvgIpc) is 2.93. The van der Waals surface area contributed by atoms with Gasteiger partial charge in [-0.2, -0.15) is 0 Å². The number of carbonyl (C=O) groups excluding carboxylic acids is 1. The van der Waals surface area contributed by atoms with Crippen LogP contribution in [-0.4, -0.2) is 23.5 Å². The van der Waals surface area contributed by atoms with E-state index in [1.165, 1.54) is 11.8 Å². The summed E-state index contributed by atoms with van der Waals surface area (Å²) in [5, 5.41) is 3.33. The Morgan fingerprint density at radius 1 is 1.50 bits per heavy atom. The van der Waals surface area contributed by atoms with E-state index in [1.807, 2.05) is 24.3 Å². The first-order chi connectivity index (χ1) is 10.6. The molecular weight excluding hydrogens is 368 g/mol. The SMILES string of the molecule is Cc1ncc(C(=O)NC[C@@H]2Cc3ccccc3O2)c(Br)c1Cl. The van der Waals surface area contributed by atoms with E-state index in [9.17, 15) is 4.79 Å². The van der Waals surface area contributed by atoms with Crippen molar-refractivity contribution in [1.82, 2.24) is 10.3 Å². The highest BCUT2D eigenvalue weighted by Gasteiger charge is 2.23. The molecule has 22 heavy (non-hydrogen) atoms. The zero-order valence-corrected chi connectivity index (χ0v) is 14.2. The smallest absolute Gasteiger partial charge is 0.254 e. The van der Waals surface area contributed by atoms with E-state index in [2.05, 4.69) is 26.2 Å². The van der Waals surface area contributed by atoms with Crippen LogP contribution < -0.4 is 10.1 Å². The van der Waals surface area contributed by atoms with Crippen LogP contribution in [0.4, 0.5) is 0 Å². The molecule has 1 atom stereocenters. The van der Waals surface area contributed by atoms with Gasteiger partial charge < -0.3 is 10.1 Å². The Labute approximate surface area is 142 Å². The number of aryl methyl sites for hydroxylation is 1. The lowest BCUT2D eigenvalue weighted by molar-refractivity contribution is 0.0932. The van der Waals surface area contributed by atoms with Gasteiger partial charge in [-0.3, -0.25) is 9.78 Å². The molecule has 1 N–H and O–H groups in total. The number of rotatable bonds is 3. The highest BCUT2D eigenvalue weighted by Crippen LogP contribution is 2.29. The Morgan fingerprint density at radius 2 is 2.27 bits per heavy atom. The maximum atomic E-state index is 12.3. The number of pyridine rings is 1. The largest absolute Gasteiger partial charge is 0.488 e. The lowest BCUT2D eigenvalue weighted by Gasteiger charge is -2.13. The standard InChI is InChI=1S/C16H14BrClN2O2/c1-9-15(18)14(17)12(8-19-9)16(21)20-7-11-6-10-4-2-3-5-13(10)22-11/h2-5,8,11H,6-7H2,1H3,(H,20,21)/t11-/m0/s1. The first kappa shape index (κ1) is 15.3. The number of nitrogens with zero attached hydrogens (tertiary/aromatic N) is 1. The number of amides is 1. The van der Waals surface area contributed by atoms with Gasteiger partial charge in [0.25, 0.3) is 5.91 Å². The third-order valence-electron chi connectivity index (χ3n) is 3.58. The highest BCUT2D eigenvalue weighted by molar-refractivity contribution is 9.10. The van der Waals surface area contributed by atoms with Crippen LogP contribution in [-0.2, 0) is 6.42 Å². The highest BCUT2D eigenvalue weighted by atomic mass is 79.9. The van der Waals surface area contributed by atoms with Crippen molar-refractivity contribution in [2.24, 2.45) is 0 Å². The van der Waals surface area contributed by atoms with Crippen LogP contribution in [0.25, 0.3) is 0 Å². The van der Waals surface area contributed by atoms with Crippen molar-refractivity contribution in [3.63, 3.8) is 0 Å². The van der Waals surface area contributed by atoms with Gasteiger partial charge in [-0.05, 0) is 34.5 Å². The number of halogens is 2. The number of benzene rings is 1. The normalized spacial score (nSPS) is 16.0. The monoisotopic (exact) mass is 380 g/mol. The maximum absolute atomic E-state index is 12.3. The minimum Gasteiger partial charge on any atom is -0.488 e. The Hall–Kier alpha value is -1.59. The second-order valence-electron chi connectivity index (χ2n) is 5.15. The van der Waals surface area contributed by atoms with Crippen molar-refractivity contribution in [1.29, 1.82) is 0 Å². The molecule has 114 valence electrons. The molecule has 4 nitrogen and oxygen atoms in total. The maximum Gasteiger partial charge on any atom is 0.254 e. The number of hydrogen-bond acceptors (Lipinski definition) is 3. The summed E-state index contributed by atoms with van der Waals surface area (Å²) in [7, 11) is 0. The third kappa shape index (κ3) is 2.96. The molecular formula is C16H14BrClN2O2. The molecule has 2 aromatic rings. The molecule has 6 heteroatoms. The van der Waals surface area contributed by atoms with Crippen molar-refractivity contribution in [3.8, 4) is 5.75 Å². The van der Waals surface area contributed by atoms with Crippen LogP contribution in [0.2, 0.25) is 5.02 Å². The molecule has 0 saturated heterocycles. The summed E-state index contributed by atoms with van der Waals surface area (Å²) >= 11 is 9.45. The van der Waals surface area contributed by atoms with Crippen LogP contribution >= 0.6 is 27.5 Å². The molecule has 0 bridgehead atoms. The van der Waals surface area contributed by atoms with Crippen molar-refractivity contribution in [3.05, 3.63) is 56.8 Å². The van der Waals surface area contributed by atoms with E-state index in [0.717, 1.165) is 12.2 Å². The summed E-state index contributed by atoms with van der Waals surface area (Å²) in [5.41, 5.74) is 2.27. The number of nitrogens with one attached hydrogen (secondary N) is 1. The number of aromatic nitrogens is 1. The molecule has 1 aromatic heterocycles. The summed E-state index contributed by atoms with van der Waals surface area (Å²) in [6, 6.07) is 7.91. The summed E-state index contributed by atoms with van der Waals surface area (Å²) in [4.78, 5) is 16.4. The molecule has 2 heterocycles. The van der Waals surface area contributed by atoms with E-state index in [0.29, 0.717) is 27.3 Å². The number of para-hydroxylation sites is 1. The van der Waals surface area contributed by atoms with Crippen molar-refractivity contribution in [2.75, 3.05) is 6.54 Å². The number of ether oxygens (including phenoxy) is 1. The van der Waals surface area contributed by atoms with E-state index in [-0.39, 0.29) is 12.0 Å². The van der Waals surface area contributed by atoms with Crippen LogP contribution in [0, 0.1) is 6.92 Å². The third-order valence-corrected chi connectivity index (χ3v) is 5.10. The van der Waals surface area contributed by atoms with Gasteiger partial charge in [0, 0.05) is 12.6 Å². The van der Waals surface area contributed by atoms with Crippen LogP contribution in [0.1, 0.15) is 21.6 Å². The molecule has 0 aliphatic carbocycles. The van der Waals surface area contributed by atoms with Crippen LogP contribution in [0.15, 0.2) is 34.9 Å². The first-order valence-corrected chi connectivity index (χ1v) is 8.06. The molecule has 0 saturated carbocycles. The fourth-order valence-electron chi connectivity index (χ4n) is 2.38. The Balaban J connectivity index is 1.64. The van der Waals surface area contributed by atoms with E-state index in [4.69, 9.17) is 16.3 Å². The lowest BCUT2D eigenvalue weighted by atomic mass is 10.1. The second kappa shape index (κ2) is 6.26. The second-order valence-corrected chi connectivity index (χ2v) is 6.32. The zero-order chi connectivity index (χ0) is 15.7. The van der Waals surface area contributed by atoms with Gasteiger partial charge in [-0.15, -0.1) is 0 Å². The topological polar surface area (TPSA) is 51.2 Å². The van der Waals surface area contributed by atoms with Gasteiger partial charge >= 0.3 is 0 Å². The van der Waals surface area contributed by atoms with Crippen molar-refractivity contribution >= 4 is 33.4 Å². The van der Waals surface area contributed by atoms with Gasteiger partial charge in [0.1, 0.15) is 11.9 Å². The molecule has 1 amide bonds. The van der Waals surface area contributed by atoms with Crippen LogP contribution in [0.3, 0.4) is 0 Å². The fraction of sp³-hybridized carbons (Fsp3) is 0.250. The minimum absolute atomic E-state index is 0.0472. The first-order valence-electron chi connectivity index (χ1n) is 6.89. The molecule has 0 fully saturated rings. The lowest BCUT2D eigenvalue weighted by Crippen LogP contribution is -2.34. The predicted molar refractivity (Wildman–Crippen MR) is 88.6 cm³/mol. The van der Waals surface area contributed by atoms with Gasteiger partial charge in [-0.1, -0.05) is 29.8 Å². The van der Waals surface area contributed by atoms with Gasteiger partial charge in [0.15, 0.2) is 0 Å². The molecule has 3 rings (SSSR count). The molecule has 1 aromatic carbocycles. The van der Waals surface area contributed by atoms with Crippen molar-refractivity contribution < 1.29 is 9.53 Å². The average molecular weight is 382 g/mol. The molecule has 0 radical (unpaired) electrons. The summed E-state index contributed by atoms with van der Waals surface area (Å²) in [6.45, 7) is 2.23. The van der Waals surface area contributed by atoms with Gasteiger partial charge in [-0.25, -0.2) is 0 Å². The number of fused-ring (bicyclic) bond motifs is 1. The Morgan fingerprint density at radius 3 is 3.05 bits per heavy atom. The molecule has 1 aliphatic rings. The summed E-state index contributed by atoms with van der Waals surface area (Å²) in [6.07, 6.45) is 2.27. The summed E-state index contributed by atoms with van der Waals surface area (Å²) < 4.78 is 6.36. The Bertz CT molecular complexity index is 711.